The lowest BCUT2D eigenvalue weighted by atomic mass is 9.84. The van der Waals surface area contributed by atoms with E-state index in [1.54, 1.807) is 0 Å². The second-order valence-corrected chi connectivity index (χ2v) is 9.91. The van der Waals surface area contributed by atoms with Gasteiger partial charge >= 0.3 is 0 Å². The molecule has 1 amide bonds. The highest BCUT2D eigenvalue weighted by molar-refractivity contribution is 6.68. The van der Waals surface area contributed by atoms with E-state index in [4.69, 9.17) is 39.5 Å². The Hall–Kier alpha value is -1.12. The van der Waals surface area contributed by atoms with Crippen molar-refractivity contribution in [3.05, 3.63) is 39.9 Å². The molecule has 29 heavy (non-hydrogen) atoms. The third-order valence-corrected chi connectivity index (χ3v) is 6.18. The summed E-state index contributed by atoms with van der Waals surface area (Å²) >= 11 is 18.1. The Morgan fingerprint density at radius 2 is 2.03 bits per heavy atom. The molecule has 1 aromatic rings. The van der Waals surface area contributed by atoms with E-state index < -0.39 is 20.9 Å². The second-order valence-electron chi connectivity index (χ2n) is 7.54. The van der Waals surface area contributed by atoms with E-state index in [0.29, 0.717) is 18.6 Å². The average molecular weight is 465 g/mol. The number of carbonyl (C=O) groups is 1. The van der Waals surface area contributed by atoms with Crippen LogP contribution in [0.25, 0.3) is 0 Å². The number of hydrogen-bond acceptors (Lipinski definition) is 5. The van der Waals surface area contributed by atoms with Crippen molar-refractivity contribution in [3.8, 4) is 0 Å². The van der Waals surface area contributed by atoms with Gasteiger partial charge in [0.1, 0.15) is 0 Å². The number of alkyl halides is 3. The predicted octanol–water partition coefficient (Wildman–Crippen LogP) is 4.30. The van der Waals surface area contributed by atoms with Crippen LogP contribution in [-0.2, 0) is 4.74 Å². The highest BCUT2D eigenvalue weighted by Crippen LogP contribution is 2.34. The lowest BCUT2D eigenvalue weighted by Gasteiger charge is -2.44. The first kappa shape index (κ1) is 22.6. The molecule has 1 aromatic carbocycles. The number of amides is 1. The molecule has 3 rings (SSSR count). The Kier molecular flexibility index (Phi) is 7.62. The summed E-state index contributed by atoms with van der Waals surface area (Å²) in [4.78, 5) is 25.4. The van der Waals surface area contributed by atoms with Gasteiger partial charge in [-0.3, -0.25) is 14.9 Å². The van der Waals surface area contributed by atoms with Gasteiger partial charge in [-0.1, -0.05) is 47.3 Å². The van der Waals surface area contributed by atoms with Crippen LogP contribution in [0.4, 0.5) is 5.69 Å². The second kappa shape index (κ2) is 9.79. The van der Waals surface area contributed by atoms with Crippen LogP contribution in [0, 0.1) is 16.0 Å². The normalized spacial score (nSPS) is 23.8. The van der Waals surface area contributed by atoms with Crippen LogP contribution in [0.5, 0.6) is 0 Å². The van der Waals surface area contributed by atoms with Gasteiger partial charge in [0.2, 0.25) is 3.79 Å². The number of rotatable bonds is 6. The lowest BCUT2D eigenvalue weighted by Crippen LogP contribution is -2.51. The molecule has 0 unspecified atom stereocenters. The molecule has 0 radical (unpaired) electrons. The number of nitro benzene ring substituents is 1. The van der Waals surface area contributed by atoms with Gasteiger partial charge in [0.15, 0.2) is 6.23 Å². The number of piperidine rings is 2. The van der Waals surface area contributed by atoms with Crippen molar-refractivity contribution < 1.29 is 14.5 Å². The van der Waals surface area contributed by atoms with Gasteiger partial charge in [-0.25, -0.2) is 0 Å². The summed E-state index contributed by atoms with van der Waals surface area (Å²) in [6, 6.07) is 5.82. The standard InChI is InChI=1S/C19H24Cl3N3O4/c20-19(21,22)18(23-17(26)13-5-3-7-15(11-13)25(27)28)29-12-14-6-4-10-24-9-2-1-8-16(14)24/h3,5,7,11,14,16,18H,1-2,4,6,8-10,12H2,(H,23,26)/t14-,16+,18+/m0/s1. The van der Waals surface area contributed by atoms with E-state index in [2.05, 4.69) is 10.2 Å². The highest BCUT2D eigenvalue weighted by atomic mass is 35.6. The molecule has 160 valence electrons. The van der Waals surface area contributed by atoms with Crippen LogP contribution < -0.4 is 5.32 Å². The van der Waals surface area contributed by atoms with Crippen molar-refractivity contribution in [3.63, 3.8) is 0 Å². The molecule has 0 saturated carbocycles. The molecule has 0 aliphatic carbocycles. The maximum Gasteiger partial charge on any atom is 0.270 e. The zero-order chi connectivity index (χ0) is 21.0. The molecule has 2 aliphatic rings. The third kappa shape index (κ3) is 5.95. The zero-order valence-electron chi connectivity index (χ0n) is 15.9. The smallest absolute Gasteiger partial charge is 0.270 e. The van der Waals surface area contributed by atoms with Crippen LogP contribution in [0.1, 0.15) is 42.5 Å². The number of halogens is 3. The topological polar surface area (TPSA) is 84.7 Å². The van der Waals surface area contributed by atoms with Crippen molar-refractivity contribution in [1.82, 2.24) is 10.2 Å². The van der Waals surface area contributed by atoms with E-state index >= 15 is 0 Å². The number of fused-ring (bicyclic) bond motifs is 1. The zero-order valence-corrected chi connectivity index (χ0v) is 18.1. The van der Waals surface area contributed by atoms with Gasteiger partial charge in [-0.15, -0.1) is 0 Å². The number of benzene rings is 1. The van der Waals surface area contributed by atoms with Gasteiger partial charge in [0.05, 0.1) is 11.5 Å². The number of nitro groups is 1. The molecule has 2 fully saturated rings. The predicted molar refractivity (Wildman–Crippen MR) is 113 cm³/mol. The molecule has 2 saturated heterocycles. The number of carbonyl (C=O) groups excluding carboxylic acids is 1. The molecular formula is C19H24Cl3N3O4. The Morgan fingerprint density at radius 3 is 2.76 bits per heavy atom. The van der Waals surface area contributed by atoms with Gasteiger partial charge in [-0.2, -0.15) is 0 Å². The van der Waals surface area contributed by atoms with Gasteiger partial charge in [0, 0.05) is 23.7 Å². The van der Waals surface area contributed by atoms with Crippen molar-refractivity contribution in [2.75, 3.05) is 19.7 Å². The largest absolute Gasteiger partial charge is 0.354 e. The monoisotopic (exact) mass is 463 g/mol. The fraction of sp³-hybridized carbons (Fsp3) is 0.632. The van der Waals surface area contributed by atoms with Gasteiger partial charge in [-0.05, 0) is 50.8 Å². The minimum Gasteiger partial charge on any atom is -0.354 e. The molecular weight excluding hydrogens is 441 g/mol. The molecule has 3 atom stereocenters. The first-order valence-electron chi connectivity index (χ1n) is 9.73. The maximum absolute atomic E-state index is 12.6. The Morgan fingerprint density at radius 1 is 1.28 bits per heavy atom. The van der Waals surface area contributed by atoms with Crippen LogP contribution in [0.3, 0.4) is 0 Å². The Balaban J connectivity index is 1.65. The summed E-state index contributed by atoms with van der Waals surface area (Å²) in [7, 11) is 0. The first-order chi connectivity index (χ1) is 13.8. The maximum atomic E-state index is 12.6. The molecule has 2 heterocycles. The number of non-ortho nitro benzene ring substituents is 1. The van der Waals surface area contributed by atoms with E-state index in [1.807, 2.05) is 0 Å². The number of nitrogens with zero attached hydrogens (tertiary/aromatic N) is 2. The van der Waals surface area contributed by atoms with Crippen molar-refractivity contribution in [2.45, 2.75) is 48.2 Å². The third-order valence-electron chi connectivity index (χ3n) is 5.58. The number of nitrogens with one attached hydrogen (secondary N) is 1. The Bertz CT molecular complexity index is 742. The van der Waals surface area contributed by atoms with E-state index in [-0.39, 0.29) is 11.3 Å². The summed E-state index contributed by atoms with van der Waals surface area (Å²) in [5.41, 5.74) is -0.0956. The van der Waals surface area contributed by atoms with Crippen molar-refractivity contribution in [2.24, 2.45) is 5.92 Å². The van der Waals surface area contributed by atoms with E-state index in [9.17, 15) is 14.9 Å². The minimum atomic E-state index is -1.88. The summed E-state index contributed by atoms with van der Waals surface area (Å²) in [5, 5.41) is 13.5. The fourth-order valence-electron chi connectivity index (χ4n) is 4.17. The van der Waals surface area contributed by atoms with Crippen molar-refractivity contribution >= 4 is 46.4 Å². The molecule has 0 spiro atoms. The van der Waals surface area contributed by atoms with Crippen LogP contribution >= 0.6 is 34.8 Å². The summed E-state index contributed by atoms with van der Waals surface area (Å²) in [5.74, 6) is -0.290. The first-order valence-corrected chi connectivity index (χ1v) is 10.9. The molecule has 2 aliphatic heterocycles. The summed E-state index contributed by atoms with van der Waals surface area (Å²) in [6.45, 7) is 2.59. The molecule has 0 aromatic heterocycles. The van der Waals surface area contributed by atoms with E-state index in [0.717, 1.165) is 32.4 Å². The SMILES string of the molecule is O=C(N[C@H](OC[C@@H]1CCCN2CCCC[C@H]12)C(Cl)(Cl)Cl)c1cccc([N+](=O)[O-])c1. The molecule has 1 N–H and O–H groups in total. The van der Waals surface area contributed by atoms with E-state index in [1.165, 1.54) is 37.1 Å². The average Bonchev–Trinajstić information content (AvgIpc) is 2.70. The molecule has 10 heteroatoms. The van der Waals surface area contributed by atoms with Crippen molar-refractivity contribution in [1.29, 1.82) is 0 Å². The molecule has 0 bridgehead atoms. The fourth-order valence-corrected chi connectivity index (χ4v) is 4.53. The van der Waals surface area contributed by atoms with Gasteiger partial charge in [0.25, 0.3) is 11.6 Å². The molecule has 7 nitrogen and oxygen atoms in total. The lowest BCUT2D eigenvalue weighted by molar-refractivity contribution is -0.384. The quantitative estimate of drug-likeness (QED) is 0.294. The van der Waals surface area contributed by atoms with Crippen LogP contribution in [0.2, 0.25) is 0 Å². The summed E-state index contributed by atoms with van der Waals surface area (Å²) in [6.07, 6.45) is 4.52. The summed E-state index contributed by atoms with van der Waals surface area (Å²) < 4.78 is 4.00. The minimum absolute atomic E-state index is 0.0955. The Labute approximate surface area is 184 Å². The number of hydrogen-bond donors (Lipinski definition) is 1. The number of ether oxygens (including phenoxy) is 1. The van der Waals surface area contributed by atoms with Gasteiger partial charge < -0.3 is 15.0 Å². The van der Waals surface area contributed by atoms with Crippen LogP contribution in [-0.4, -0.2) is 51.5 Å². The van der Waals surface area contributed by atoms with Crippen LogP contribution in [0.15, 0.2) is 24.3 Å². The highest BCUT2D eigenvalue weighted by Gasteiger charge is 2.38.